The first-order valence-electron chi connectivity index (χ1n) is 4.33. The molecule has 1 aromatic rings. The van der Waals surface area contributed by atoms with Gasteiger partial charge in [-0.2, -0.15) is 4.98 Å². The van der Waals surface area contributed by atoms with Crippen molar-refractivity contribution in [2.75, 3.05) is 19.5 Å². The summed E-state index contributed by atoms with van der Waals surface area (Å²) in [5.74, 6) is 1.14. The van der Waals surface area contributed by atoms with Crippen LogP contribution >= 0.6 is 0 Å². The summed E-state index contributed by atoms with van der Waals surface area (Å²) >= 11 is 0. The number of nitrogens with zero attached hydrogens (tertiary/aromatic N) is 2. The maximum absolute atomic E-state index is 4.87. The lowest BCUT2D eigenvalue weighted by Crippen LogP contribution is -1.96. The molecule has 0 saturated heterocycles. The molecule has 0 saturated carbocycles. The lowest BCUT2D eigenvalue weighted by Gasteiger charge is -1.99. The van der Waals surface area contributed by atoms with Crippen LogP contribution in [0.2, 0.25) is 0 Å². The standard InChI is InChI=1S/C6H9N3O.C3H8/c1-7-6-8-4-3-5(9-6)10-2;1-3-2/h3-4H,1-2H3,(H,7,8,9);3H2,1-2H3. The monoisotopic (exact) mass is 183 g/mol. The second kappa shape index (κ2) is 7.34. The molecule has 0 atom stereocenters. The van der Waals surface area contributed by atoms with Crippen molar-refractivity contribution in [3.05, 3.63) is 12.3 Å². The smallest absolute Gasteiger partial charge is 0.225 e. The van der Waals surface area contributed by atoms with Crippen LogP contribution in [0.3, 0.4) is 0 Å². The molecule has 0 aliphatic heterocycles. The maximum Gasteiger partial charge on any atom is 0.225 e. The number of nitrogens with one attached hydrogen (secondary N) is 1. The Morgan fingerprint density at radius 1 is 1.46 bits per heavy atom. The predicted octanol–water partition coefficient (Wildman–Crippen LogP) is 1.94. The van der Waals surface area contributed by atoms with Gasteiger partial charge in [-0.3, -0.25) is 0 Å². The molecule has 0 bridgehead atoms. The number of anilines is 1. The molecule has 0 radical (unpaired) electrons. The average molecular weight is 183 g/mol. The zero-order valence-corrected chi connectivity index (χ0v) is 8.66. The summed E-state index contributed by atoms with van der Waals surface area (Å²) in [5.41, 5.74) is 0. The third kappa shape index (κ3) is 5.00. The van der Waals surface area contributed by atoms with Gasteiger partial charge in [-0.1, -0.05) is 20.3 Å². The van der Waals surface area contributed by atoms with Gasteiger partial charge < -0.3 is 10.1 Å². The first-order valence-corrected chi connectivity index (χ1v) is 4.33. The van der Waals surface area contributed by atoms with Crippen LogP contribution in [0.15, 0.2) is 12.3 Å². The van der Waals surface area contributed by atoms with Crippen molar-refractivity contribution in [2.45, 2.75) is 20.3 Å². The summed E-state index contributed by atoms with van der Waals surface area (Å²) in [7, 11) is 3.33. The molecular weight excluding hydrogens is 166 g/mol. The molecule has 0 fully saturated rings. The van der Waals surface area contributed by atoms with Crippen LogP contribution in [-0.4, -0.2) is 24.1 Å². The van der Waals surface area contributed by atoms with Gasteiger partial charge in [-0.05, 0) is 0 Å². The molecule has 0 aromatic carbocycles. The molecular formula is C9H17N3O. The molecule has 1 aromatic heterocycles. The fourth-order valence-corrected chi connectivity index (χ4v) is 0.576. The molecule has 1 N–H and O–H groups in total. The summed E-state index contributed by atoms with van der Waals surface area (Å²) < 4.78 is 4.87. The van der Waals surface area contributed by atoms with E-state index >= 15 is 0 Å². The van der Waals surface area contributed by atoms with Crippen molar-refractivity contribution >= 4 is 5.95 Å². The number of methoxy groups -OCH3 is 1. The van der Waals surface area contributed by atoms with Crippen molar-refractivity contribution in [3.8, 4) is 5.88 Å². The first kappa shape index (κ1) is 11.7. The van der Waals surface area contributed by atoms with E-state index in [9.17, 15) is 0 Å². The van der Waals surface area contributed by atoms with Crippen LogP contribution in [0, 0.1) is 0 Å². The Bertz CT molecular complexity index is 209. The second-order valence-electron chi connectivity index (χ2n) is 2.38. The van der Waals surface area contributed by atoms with Gasteiger partial charge in [-0.25, -0.2) is 4.98 Å². The normalized spacial score (nSPS) is 8.31. The van der Waals surface area contributed by atoms with Gasteiger partial charge in [0.15, 0.2) is 0 Å². The third-order valence-electron chi connectivity index (χ3n) is 1.06. The van der Waals surface area contributed by atoms with E-state index in [0.29, 0.717) is 11.8 Å². The fourth-order valence-electron chi connectivity index (χ4n) is 0.576. The quantitative estimate of drug-likeness (QED) is 0.761. The van der Waals surface area contributed by atoms with Crippen molar-refractivity contribution in [3.63, 3.8) is 0 Å². The van der Waals surface area contributed by atoms with Crippen LogP contribution in [0.25, 0.3) is 0 Å². The zero-order chi connectivity index (χ0) is 10.1. The Balaban J connectivity index is 0.000000424. The summed E-state index contributed by atoms with van der Waals surface area (Å²) in [5, 5.41) is 2.80. The van der Waals surface area contributed by atoms with Gasteiger partial charge in [0.25, 0.3) is 0 Å². The number of rotatable bonds is 2. The summed E-state index contributed by atoms with van der Waals surface area (Å²) in [6, 6.07) is 1.70. The number of aromatic nitrogens is 2. The second-order valence-corrected chi connectivity index (χ2v) is 2.38. The zero-order valence-electron chi connectivity index (χ0n) is 8.66. The molecule has 0 unspecified atom stereocenters. The minimum absolute atomic E-state index is 0.569. The van der Waals surface area contributed by atoms with E-state index < -0.39 is 0 Å². The average Bonchev–Trinajstić information content (AvgIpc) is 2.19. The van der Waals surface area contributed by atoms with E-state index in [1.165, 1.54) is 6.42 Å². The van der Waals surface area contributed by atoms with Gasteiger partial charge >= 0.3 is 0 Å². The number of hydrogen-bond acceptors (Lipinski definition) is 4. The largest absolute Gasteiger partial charge is 0.481 e. The lowest BCUT2D eigenvalue weighted by molar-refractivity contribution is 0.397. The number of hydrogen-bond donors (Lipinski definition) is 1. The molecule has 1 heterocycles. The van der Waals surface area contributed by atoms with Crippen molar-refractivity contribution in [2.24, 2.45) is 0 Å². The molecule has 0 aliphatic carbocycles. The van der Waals surface area contributed by atoms with E-state index in [-0.39, 0.29) is 0 Å². The van der Waals surface area contributed by atoms with Gasteiger partial charge in [0.2, 0.25) is 11.8 Å². The van der Waals surface area contributed by atoms with Crippen LogP contribution in [-0.2, 0) is 0 Å². The van der Waals surface area contributed by atoms with Gasteiger partial charge in [0.05, 0.1) is 7.11 Å². The Morgan fingerprint density at radius 2 is 2.08 bits per heavy atom. The first-order chi connectivity index (χ1) is 6.28. The molecule has 13 heavy (non-hydrogen) atoms. The Labute approximate surface area is 79.4 Å². The molecule has 0 aliphatic rings. The molecule has 74 valence electrons. The van der Waals surface area contributed by atoms with Crippen LogP contribution < -0.4 is 10.1 Å². The van der Waals surface area contributed by atoms with E-state index in [0.717, 1.165) is 0 Å². The van der Waals surface area contributed by atoms with E-state index in [4.69, 9.17) is 4.74 Å². The fraction of sp³-hybridized carbons (Fsp3) is 0.556. The van der Waals surface area contributed by atoms with E-state index in [1.807, 2.05) is 0 Å². The van der Waals surface area contributed by atoms with E-state index in [2.05, 4.69) is 29.1 Å². The van der Waals surface area contributed by atoms with Crippen LogP contribution in [0.4, 0.5) is 5.95 Å². The Hall–Kier alpha value is -1.32. The van der Waals surface area contributed by atoms with Gasteiger partial charge in [0, 0.05) is 19.3 Å². The van der Waals surface area contributed by atoms with Crippen LogP contribution in [0.5, 0.6) is 5.88 Å². The van der Waals surface area contributed by atoms with E-state index in [1.54, 1.807) is 26.4 Å². The molecule has 1 rings (SSSR count). The minimum atomic E-state index is 0.569. The van der Waals surface area contributed by atoms with Gasteiger partial charge in [0.1, 0.15) is 0 Å². The SMILES string of the molecule is CCC.CNc1nccc(OC)n1. The predicted molar refractivity (Wildman–Crippen MR) is 54.1 cm³/mol. The maximum atomic E-state index is 4.87. The summed E-state index contributed by atoms with van der Waals surface area (Å²) in [4.78, 5) is 7.87. The molecule has 0 spiro atoms. The topological polar surface area (TPSA) is 47.0 Å². The molecule has 4 heteroatoms. The number of ether oxygens (including phenoxy) is 1. The van der Waals surface area contributed by atoms with Gasteiger partial charge in [-0.15, -0.1) is 0 Å². The highest BCUT2D eigenvalue weighted by atomic mass is 16.5. The lowest BCUT2D eigenvalue weighted by atomic mass is 10.6. The molecule has 4 nitrogen and oxygen atoms in total. The summed E-state index contributed by atoms with van der Waals surface area (Å²) in [6.45, 7) is 4.25. The Morgan fingerprint density at radius 3 is 2.54 bits per heavy atom. The minimum Gasteiger partial charge on any atom is -0.481 e. The molecule has 0 amide bonds. The van der Waals surface area contributed by atoms with Crippen molar-refractivity contribution < 1.29 is 4.74 Å². The third-order valence-corrected chi connectivity index (χ3v) is 1.06. The summed E-state index contributed by atoms with van der Waals surface area (Å²) in [6.07, 6.45) is 2.89. The van der Waals surface area contributed by atoms with Crippen molar-refractivity contribution in [1.82, 2.24) is 9.97 Å². The highest BCUT2D eigenvalue weighted by Gasteiger charge is 1.93. The highest BCUT2D eigenvalue weighted by molar-refractivity contribution is 5.25. The van der Waals surface area contributed by atoms with Crippen LogP contribution in [0.1, 0.15) is 20.3 Å². The van der Waals surface area contributed by atoms with Crippen molar-refractivity contribution in [1.29, 1.82) is 0 Å². The Kier molecular flexibility index (Phi) is 6.59. The highest BCUT2D eigenvalue weighted by Crippen LogP contribution is 2.05.